The summed E-state index contributed by atoms with van der Waals surface area (Å²) in [7, 11) is 1.52. The van der Waals surface area contributed by atoms with Gasteiger partial charge < -0.3 is 14.7 Å². The summed E-state index contributed by atoms with van der Waals surface area (Å²) in [5.74, 6) is 0.353. The van der Waals surface area contributed by atoms with Crippen molar-refractivity contribution in [1.29, 1.82) is 10.7 Å². The summed E-state index contributed by atoms with van der Waals surface area (Å²) >= 11 is 0. The van der Waals surface area contributed by atoms with Crippen molar-refractivity contribution in [2.24, 2.45) is 0 Å². The highest BCUT2D eigenvalue weighted by atomic mass is 16.3. The molecule has 1 amide bonds. The molecule has 2 rings (SSSR count). The summed E-state index contributed by atoms with van der Waals surface area (Å²) in [4.78, 5) is 18.2. The fraction of sp³-hybridized carbons (Fsp3) is 0.143. The summed E-state index contributed by atoms with van der Waals surface area (Å²) in [6.45, 7) is 1.78. The molecule has 0 spiro atoms. The third kappa shape index (κ3) is 3.06. The molecule has 7 nitrogen and oxygen atoms in total. The van der Waals surface area contributed by atoms with Crippen LogP contribution < -0.4 is 5.32 Å². The number of aromatic amines is 1. The minimum atomic E-state index is -0.311. The molecule has 3 N–H and O–H groups in total. The topological polar surface area (TPSA) is 119 Å². The fourth-order valence-electron chi connectivity index (χ4n) is 1.66. The van der Waals surface area contributed by atoms with Crippen LogP contribution in [-0.2, 0) is 0 Å². The van der Waals surface area contributed by atoms with Gasteiger partial charge in [-0.25, -0.2) is 4.98 Å². The first kappa shape index (κ1) is 14.3. The zero-order chi connectivity index (χ0) is 15.4. The molecule has 2 aromatic rings. The van der Waals surface area contributed by atoms with E-state index >= 15 is 0 Å². The molecule has 0 aliphatic heterocycles. The fourth-order valence-corrected chi connectivity index (χ4v) is 1.66. The van der Waals surface area contributed by atoms with Crippen LogP contribution in [0.4, 0.5) is 0 Å². The van der Waals surface area contributed by atoms with E-state index in [4.69, 9.17) is 15.1 Å². The van der Waals surface area contributed by atoms with Gasteiger partial charge in [0.25, 0.3) is 5.91 Å². The van der Waals surface area contributed by atoms with Gasteiger partial charge in [0.05, 0.1) is 17.6 Å². The Morgan fingerprint density at radius 1 is 1.57 bits per heavy atom. The molecule has 106 valence electrons. The zero-order valence-corrected chi connectivity index (χ0v) is 11.5. The second-order valence-electron chi connectivity index (χ2n) is 4.24. The van der Waals surface area contributed by atoms with Crippen LogP contribution in [0.5, 0.6) is 0 Å². The number of carbonyl (C=O) groups is 1. The molecule has 0 saturated heterocycles. The molecule has 7 heteroatoms. The maximum Gasteiger partial charge on any atom is 0.286 e. The van der Waals surface area contributed by atoms with Crippen LogP contribution in [0.1, 0.15) is 34.8 Å². The first-order chi connectivity index (χ1) is 10.0. The first-order valence-corrected chi connectivity index (χ1v) is 6.09. The quantitative estimate of drug-likeness (QED) is 0.740. The van der Waals surface area contributed by atoms with Crippen molar-refractivity contribution >= 4 is 17.2 Å². The Morgan fingerprint density at radius 3 is 2.95 bits per heavy atom. The van der Waals surface area contributed by atoms with E-state index in [1.807, 2.05) is 6.07 Å². The lowest BCUT2D eigenvalue weighted by Gasteiger charge is -1.98. The van der Waals surface area contributed by atoms with Gasteiger partial charge in [-0.05, 0) is 30.7 Å². The van der Waals surface area contributed by atoms with E-state index in [2.05, 4.69) is 15.3 Å². The maximum atomic E-state index is 11.4. The highest BCUT2D eigenvalue weighted by Gasteiger charge is 2.10. The van der Waals surface area contributed by atoms with Crippen molar-refractivity contribution in [3.8, 4) is 6.07 Å². The van der Waals surface area contributed by atoms with Gasteiger partial charge in [0, 0.05) is 7.05 Å². The number of furan rings is 1. The predicted molar refractivity (Wildman–Crippen MR) is 75.9 cm³/mol. The number of nitrogens with one attached hydrogen (secondary N) is 3. The van der Waals surface area contributed by atoms with E-state index in [-0.39, 0.29) is 23.2 Å². The lowest BCUT2D eigenvalue weighted by molar-refractivity contribution is 0.0953. The normalized spacial score (nSPS) is 11.0. The monoisotopic (exact) mass is 283 g/mol. The number of hydrogen-bond acceptors (Lipinski definition) is 5. The van der Waals surface area contributed by atoms with Crippen LogP contribution in [0.2, 0.25) is 0 Å². The first-order valence-electron chi connectivity index (χ1n) is 6.09. The molecule has 2 heterocycles. The highest BCUT2D eigenvalue weighted by molar-refractivity contribution is 6.08. The van der Waals surface area contributed by atoms with Gasteiger partial charge in [-0.15, -0.1) is 0 Å². The van der Waals surface area contributed by atoms with Gasteiger partial charge in [0.1, 0.15) is 6.07 Å². The van der Waals surface area contributed by atoms with Crippen molar-refractivity contribution in [2.75, 3.05) is 7.05 Å². The van der Waals surface area contributed by atoms with Crippen LogP contribution >= 0.6 is 0 Å². The molecule has 0 atom stereocenters. The average molecular weight is 283 g/mol. The number of hydrogen-bond donors (Lipinski definition) is 3. The number of aromatic nitrogens is 2. The number of nitrogens with zero attached hydrogens (tertiary/aromatic N) is 2. The number of imidazole rings is 1. The molecule has 0 bridgehead atoms. The Kier molecular flexibility index (Phi) is 4.00. The van der Waals surface area contributed by atoms with Gasteiger partial charge in [0.15, 0.2) is 11.6 Å². The smallest absolute Gasteiger partial charge is 0.286 e. The molecule has 21 heavy (non-hydrogen) atoms. The Labute approximate surface area is 120 Å². The van der Waals surface area contributed by atoms with Crippen molar-refractivity contribution in [3.63, 3.8) is 0 Å². The van der Waals surface area contributed by atoms with Crippen molar-refractivity contribution < 1.29 is 9.21 Å². The number of allylic oxidation sites excluding steroid dienone is 2. The predicted octanol–water partition coefficient (Wildman–Crippen LogP) is 1.71. The van der Waals surface area contributed by atoms with Crippen LogP contribution in [0.3, 0.4) is 0 Å². The SMILES string of the molecule is CNC(=O)c1ncc(/C(C)=C\C(=N)c2ccc(C#N)o2)[nH]1. The van der Waals surface area contributed by atoms with Crippen LogP contribution in [-0.4, -0.2) is 28.6 Å². The Hall–Kier alpha value is -3.14. The molecule has 0 fully saturated rings. The number of carbonyl (C=O) groups excluding carboxylic acids is 1. The van der Waals surface area contributed by atoms with Crippen molar-refractivity contribution in [3.05, 3.63) is 47.4 Å². The van der Waals surface area contributed by atoms with Crippen LogP contribution in [0.25, 0.3) is 5.57 Å². The Bertz CT molecular complexity index is 760. The largest absolute Gasteiger partial charge is 0.444 e. The standard InChI is InChI=1S/C14H13N5O2/c1-8(11-7-18-13(19-11)14(20)17-2)5-10(16)12-4-3-9(6-15)21-12/h3-5,7,16H,1-2H3,(H,17,20)(H,18,19)/b8-5-,16-10?. The highest BCUT2D eigenvalue weighted by Crippen LogP contribution is 2.14. The van der Waals surface area contributed by atoms with Crippen LogP contribution in [0.15, 0.2) is 28.8 Å². The molecule has 0 aliphatic carbocycles. The second-order valence-corrected chi connectivity index (χ2v) is 4.24. The van der Waals surface area contributed by atoms with E-state index in [1.165, 1.54) is 19.3 Å². The third-order valence-electron chi connectivity index (χ3n) is 2.79. The molecule has 0 radical (unpaired) electrons. The van der Waals surface area contributed by atoms with E-state index < -0.39 is 0 Å². The molecular formula is C14H13N5O2. The lowest BCUT2D eigenvalue weighted by Crippen LogP contribution is -2.19. The Morgan fingerprint density at radius 2 is 2.33 bits per heavy atom. The number of amides is 1. The van der Waals surface area contributed by atoms with Gasteiger partial charge in [-0.2, -0.15) is 5.26 Å². The molecule has 0 aromatic carbocycles. The van der Waals surface area contributed by atoms with Gasteiger partial charge in [0.2, 0.25) is 5.76 Å². The summed E-state index contributed by atoms with van der Waals surface area (Å²) in [6.07, 6.45) is 3.09. The summed E-state index contributed by atoms with van der Waals surface area (Å²) in [6, 6.07) is 4.93. The molecule has 2 aromatic heterocycles. The van der Waals surface area contributed by atoms with Crippen molar-refractivity contribution in [2.45, 2.75) is 6.92 Å². The minimum absolute atomic E-state index is 0.130. The molecule has 0 unspecified atom stereocenters. The third-order valence-corrected chi connectivity index (χ3v) is 2.79. The van der Waals surface area contributed by atoms with Crippen LogP contribution in [0, 0.1) is 16.7 Å². The average Bonchev–Trinajstić information content (AvgIpc) is 3.15. The summed E-state index contributed by atoms with van der Waals surface area (Å²) in [5.41, 5.74) is 1.48. The number of nitriles is 1. The van der Waals surface area contributed by atoms with E-state index in [9.17, 15) is 4.79 Å². The zero-order valence-electron chi connectivity index (χ0n) is 11.5. The molecule has 0 saturated carbocycles. The molecular weight excluding hydrogens is 270 g/mol. The van der Waals surface area contributed by atoms with Gasteiger partial charge in [-0.1, -0.05) is 0 Å². The summed E-state index contributed by atoms with van der Waals surface area (Å²) in [5, 5.41) is 19.1. The minimum Gasteiger partial charge on any atom is -0.444 e. The number of rotatable bonds is 4. The van der Waals surface area contributed by atoms with E-state index in [0.717, 1.165) is 5.57 Å². The van der Waals surface area contributed by atoms with E-state index in [0.29, 0.717) is 11.5 Å². The molecule has 0 aliphatic rings. The lowest BCUT2D eigenvalue weighted by atomic mass is 10.1. The number of H-pyrrole nitrogens is 1. The van der Waals surface area contributed by atoms with E-state index in [1.54, 1.807) is 19.1 Å². The summed E-state index contributed by atoms with van der Waals surface area (Å²) < 4.78 is 5.17. The van der Waals surface area contributed by atoms with Gasteiger partial charge in [-0.3, -0.25) is 10.2 Å². The maximum absolute atomic E-state index is 11.4. The van der Waals surface area contributed by atoms with Gasteiger partial charge >= 0.3 is 0 Å². The van der Waals surface area contributed by atoms with Crippen molar-refractivity contribution in [1.82, 2.24) is 15.3 Å². The Balaban J connectivity index is 2.20. The second kappa shape index (κ2) is 5.88.